The van der Waals surface area contributed by atoms with Gasteiger partial charge < -0.3 is 14.2 Å². The first-order valence-corrected chi connectivity index (χ1v) is 11.5. The maximum Gasteiger partial charge on any atom is 0.337 e. The Hall–Kier alpha value is -2.79. The Morgan fingerprint density at radius 1 is 1.00 bits per heavy atom. The van der Waals surface area contributed by atoms with E-state index in [-0.39, 0.29) is 28.6 Å². The number of benzene rings is 2. The van der Waals surface area contributed by atoms with Gasteiger partial charge in [0.05, 0.1) is 43.5 Å². The van der Waals surface area contributed by atoms with E-state index in [1.807, 2.05) is 30.3 Å². The van der Waals surface area contributed by atoms with Gasteiger partial charge in [-0.05, 0) is 23.8 Å². The van der Waals surface area contributed by atoms with Crippen molar-refractivity contribution in [3.63, 3.8) is 0 Å². The molecule has 1 aliphatic rings. The average Bonchev–Trinajstić information content (AvgIpc) is 2.84. The Bertz CT molecular complexity index is 1020. The van der Waals surface area contributed by atoms with Crippen LogP contribution in [0.1, 0.15) is 32.3 Å². The van der Waals surface area contributed by atoms with Gasteiger partial charge in [0.2, 0.25) is 10.0 Å². The lowest BCUT2D eigenvalue weighted by Crippen LogP contribution is -2.43. The van der Waals surface area contributed by atoms with Crippen molar-refractivity contribution in [2.24, 2.45) is 0 Å². The van der Waals surface area contributed by atoms with Crippen LogP contribution in [0, 0.1) is 0 Å². The second-order valence-electron chi connectivity index (χ2n) is 7.16. The van der Waals surface area contributed by atoms with Crippen molar-refractivity contribution in [2.75, 3.05) is 47.1 Å². The van der Waals surface area contributed by atoms with Gasteiger partial charge in [-0.15, -0.1) is 0 Å². The van der Waals surface area contributed by atoms with E-state index in [1.54, 1.807) is 0 Å². The highest BCUT2D eigenvalue weighted by Gasteiger charge is 2.26. The number of nitrogens with zero attached hydrogens (tertiary/aromatic N) is 1. The Morgan fingerprint density at radius 2 is 1.56 bits per heavy atom. The van der Waals surface area contributed by atoms with Crippen LogP contribution in [0.3, 0.4) is 0 Å². The highest BCUT2D eigenvalue weighted by Crippen LogP contribution is 2.23. The smallest absolute Gasteiger partial charge is 0.337 e. The second-order valence-corrected chi connectivity index (χ2v) is 8.92. The molecule has 0 saturated carbocycles. The molecular weight excluding hydrogens is 436 g/mol. The standard InChI is InChI=1S/C22H26N2O7S/c1-29-21(25)17-12-18(22(26)30-2)14-19(13-17)32(27,28)23-15-20(16-6-4-3-5-7-16)24-8-10-31-11-9-24/h3-7,12-14,20,23H,8-11,15H2,1-2H3. The fourth-order valence-electron chi connectivity index (χ4n) is 3.52. The van der Waals surface area contributed by atoms with Crippen molar-refractivity contribution in [3.05, 3.63) is 65.2 Å². The number of rotatable bonds is 8. The van der Waals surface area contributed by atoms with E-state index < -0.39 is 22.0 Å². The molecule has 172 valence electrons. The zero-order valence-electron chi connectivity index (χ0n) is 17.9. The number of carbonyl (C=O) groups is 2. The third-order valence-corrected chi connectivity index (χ3v) is 6.60. The molecular formula is C22H26N2O7S. The first kappa shape index (κ1) is 23.9. The minimum atomic E-state index is -4.05. The molecule has 2 aromatic rings. The van der Waals surface area contributed by atoms with Gasteiger partial charge in [-0.25, -0.2) is 22.7 Å². The number of morpholine rings is 1. The number of sulfonamides is 1. The summed E-state index contributed by atoms with van der Waals surface area (Å²) in [4.78, 5) is 25.9. The molecule has 2 aromatic carbocycles. The van der Waals surface area contributed by atoms with Crippen molar-refractivity contribution >= 4 is 22.0 Å². The molecule has 0 aromatic heterocycles. The van der Waals surface area contributed by atoms with E-state index in [0.29, 0.717) is 26.3 Å². The fourth-order valence-corrected chi connectivity index (χ4v) is 4.63. The maximum atomic E-state index is 13.1. The molecule has 0 aliphatic carbocycles. The highest BCUT2D eigenvalue weighted by atomic mass is 32.2. The van der Waals surface area contributed by atoms with Crippen LogP contribution in [-0.4, -0.2) is 72.3 Å². The molecule has 1 fully saturated rings. The summed E-state index contributed by atoms with van der Waals surface area (Å²) in [6, 6.07) is 13.0. The number of ether oxygens (including phenoxy) is 3. The molecule has 10 heteroatoms. The number of methoxy groups -OCH3 is 2. The van der Waals surface area contributed by atoms with Gasteiger partial charge in [-0.2, -0.15) is 0 Å². The molecule has 0 bridgehead atoms. The number of esters is 2. The topological polar surface area (TPSA) is 111 Å². The van der Waals surface area contributed by atoms with Crippen LogP contribution in [-0.2, 0) is 24.2 Å². The lowest BCUT2D eigenvalue weighted by atomic mass is 10.1. The average molecular weight is 463 g/mol. The van der Waals surface area contributed by atoms with Crippen LogP contribution >= 0.6 is 0 Å². The third-order valence-electron chi connectivity index (χ3n) is 5.20. The van der Waals surface area contributed by atoms with Crippen LogP contribution in [0.15, 0.2) is 53.4 Å². The van der Waals surface area contributed by atoms with Crippen LogP contribution in [0.5, 0.6) is 0 Å². The predicted octanol–water partition coefficient (Wildman–Crippen LogP) is 1.61. The number of carbonyl (C=O) groups excluding carboxylic acids is 2. The van der Waals surface area contributed by atoms with Gasteiger partial charge >= 0.3 is 11.9 Å². The first-order valence-electron chi connectivity index (χ1n) is 10.0. The molecule has 3 rings (SSSR count). The Balaban J connectivity index is 1.89. The van der Waals surface area contributed by atoms with Crippen LogP contribution in [0.25, 0.3) is 0 Å². The lowest BCUT2D eigenvalue weighted by Gasteiger charge is -2.34. The summed E-state index contributed by atoms with van der Waals surface area (Å²) in [6.45, 7) is 2.58. The van der Waals surface area contributed by atoms with Gasteiger partial charge in [-0.1, -0.05) is 30.3 Å². The molecule has 1 saturated heterocycles. The summed E-state index contributed by atoms with van der Waals surface area (Å²) in [5.74, 6) is -1.52. The van der Waals surface area contributed by atoms with Gasteiger partial charge in [0.15, 0.2) is 0 Å². The summed E-state index contributed by atoms with van der Waals surface area (Å²) in [5, 5.41) is 0. The number of nitrogens with one attached hydrogen (secondary N) is 1. The lowest BCUT2D eigenvalue weighted by molar-refractivity contribution is 0.0172. The predicted molar refractivity (Wildman–Crippen MR) is 116 cm³/mol. The number of hydrogen-bond donors (Lipinski definition) is 1. The molecule has 32 heavy (non-hydrogen) atoms. The van der Waals surface area contributed by atoms with E-state index in [0.717, 1.165) is 5.56 Å². The van der Waals surface area contributed by atoms with E-state index in [9.17, 15) is 18.0 Å². The normalized spacial score (nSPS) is 15.7. The van der Waals surface area contributed by atoms with Gasteiger partial charge in [0.1, 0.15) is 0 Å². The minimum absolute atomic E-state index is 0.0661. The molecule has 0 amide bonds. The fraction of sp³-hybridized carbons (Fsp3) is 0.364. The zero-order chi connectivity index (χ0) is 23.1. The SMILES string of the molecule is COC(=O)c1cc(C(=O)OC)cc(S(=O)(=O)NCC(c2ccccc2)N2CCOCC2)c1. The van der Waals surface area contributed by atoms with Crippen LogP contribution < -0.4 is 4.72 Å². The zero-order valence-corrected chi connectivity index (χ0v) is 18.8. The Morgan fingerprint density at radius 3 is 2.09 bits per heavy atom. The van der Waals surface area contributed by atoms with Crippen molar-refractivity contribution in [1.29, 1.82) is 0 Å². The molecule has 0 spiro atoms. The van der Waals surface area contributed by atoms with Gasteiger partial charge in [0.25, 0.3) is 0 Å². The molecule has 9 nitrogen and oxygen atoms in total. The molecule has 1 atom stereocenters. The van der Waals surface area contributed by atoms with E-state index in [1.165, 1.54) is 32.4 Å². The Kier molecular flexibility index (Phi) is 7.97. The minimum Gasteiger partial charge on any atom is -0.465 e. The monoisotopic (exact) mass is 462 g/mol. The van der Waals surface area contributed by atoms with Crippen molar-refractivity contribution in [1.82, 2.24) is 9.62 Å². The largest absolute Gasteiger partial charge is 0.465 e. The van der Waals surface area contributed by atoms with E-state index in [4.69, 9.17) is 4.74 Å². The highest BCUT2D eigenvalue weighted by molar-refractivity contribution is 7.89. The third kappa shape index (κ3) is 5.71. The van der Waals surface area contributed by atoms with Gasteiger partial charge in [0, 0.05) is 25.7 Å². The van der Waals surface area contributed by atoms with E-state index in [2.05, 4.69) is 19.1 Å². The molecule has 1 heterocycles. The quantitative estimate of drug-likeness (QED) is 0.589. The summed E-state index contributed by atoms with van der Waals surface area (Å²) < 4.78 is 43.7. The Labute approximate surface area is 187 Å². The summed E-state index contributed by atoms with van der Waals surface area (Å²) >= 11 is 0. The van der Waals surface area contributed by atoms with Crippen molar-refractivity contribution in [2.45, 2.75) is 10.9 Å². The second kappa shape index (κ2) is 10.7. The number of hydrogen-bond acceptors (Lipinski definition) is 8. The summed E-state index contributed by atoms with van der Waals surface area (Å²) in [7, 11) is -1.71. The van der Waals surface area contributed by atoms with Crippen LogP contribution in [0.2, 0.25) is 0 Å². The molecule has 1 N–H and O–H groups in total. The van der Waals surface area contributed by atoms with E-state index >= 15 is 0 Å². The van der Waals surface area contributed by atoms with Crippen LogP contribution in [0.4, 0.5) is 0 Å². The van der Waals surface area contributed by atoms with Crippen molar-refractivity contribution in [3.8, 4) is 0 Å². The maximum absolute atomic E-state index is 13.1. The first-order chi connectivity index (χ1) is 15.4. The molecule has 1 unspecified atom stereocenters. The van der Waals surface area contributed by atoms with Crippen molar-refractivity contribution < 1.29 is 32.2 Å². The van der Waals surface area contributed by atoms with Gasteiger partial charge in [-0.3, -0.25) is 4.90 Å². The summed E-state index contributed by atoms with van der Waals surface area (Å²) in [5.41, 5.74) is 0.836. The summed E-state index contributed by atoms with van der Waals surface area (Å²) in [6.07, 6.45) is 0. The molecule has 0 radical (unpaired) electrons. The molecule has 1 aliphatic heterocycles.